The lowest BCUT2D eigenvalue weighted by Gasteiger charge is -2.00. The monoisotopic (exact) mass is 254 g/mol. The molecular weight excluding hydrogens is 236 g/mol. The Labute approximate surface area is 105 Å². The van der Waals surface area contributed by atoms with Gasteiger partial charge in [0, 0.05) is 0 Å². The summed E-state index contributed by atoms with van der Waals surface area (Å²) >= 11 is 1.07. The fourth-order valence-electron chi connectivity index (χ4n) is 1.79. The molecule has 1 N–H and O–H groups in total. The minimum absolute atomic E-state index is 0.322. The van der Waals surface area contributed by atoms with Crippen molar-refractivity contribution in [3.05, 3.63) is 21.4 Å². The number of aldehydes is 1. The molecule has 0 aromatic carbocycles. The van der Waals surface area contributed by atoms with Crippen LogP contribution in [-0.4, -0.2) is 17.4 Å². The number of thiophene rings is 1. The van der Waals surface area contributed by atoms with Crippen LogP contribution in [0.4, 0.5) is 0 Å². The van der Waals surface area contributed by atoms with Gasteiger partial charge in [0.15, 0.2) is 6.29 Å². The van der Waals surface area contributed by atoms with E-state index in [1.165, 1.54) is 19.3 Å². The summed E-state index contributed by atoms with van der Waals surface area (Å²) in [4.78, 5) is 22.4. The first-order valence-corrected chi connectivity index (χ1v) is 6.81. The molecule has 0 fully saturated rings. The van der Waals surface area contributed by atoms with Gasteiger partial charge in [0.25, 0.3) is 0 Å². The molecule has 0 atom stereocenters. The van der Waals surface area contributed by atoms with Crippen molar-refractivity contribution < 1.29 is 14.7 Å². The number of carbonyl (C=O) groups excluding carboxylic acids is 1. The van der Waals surface area contributed by atoms with E-state index in [0.29, 0.717) is 9.75 Å². The summed E-state index contributed by atoms with van der Waals surface area (Å²) in [5, 5.41) is 9.01. The fraction of sp³-hybridized carbons (Fsp3) is 0.538. The number of unbranched alkanes of at least 4 members (excludes halogenated alkanes) is 4. The summed E-state index contributed by atoms with van der Waals surface area (Å²) < 4.78 is 0. The predicted octanol–water partition coefficient (Wildman–Crippen LogP) is 3.77. The second kappa shape index (κ2) is 7.22. The number of carbonyl (C=O) groups is 2. The van der Waals surface area contributed by atoms with Crippen molar-refractivity contribution in [2.45, 2.75) is 45.4 Å². The summed E-state index contributed by atoms with van der Waals surface area (Å²) in [5.74, 6) is -0.924. The number of aryl methyl sites for hydroxylation is 1. The van der Waals surface area contributed by atoms with Crippen LogP contribution in [0.15, 0.2) is 6.07 Å². The van der Waals surface area contributed by atoms with Gasteiger partial charge >= 0.3 is 5.97 Å². The van der Waals surface area contributed by atoms with Gasteiger partial charge in [-0.25, -0.2) is 4.79 Å². The minimum Gasteiger partial charge on any atom is -0.477 e. The van der Waals surface area contributed by atoms with Gasteiger partial charge in [-0.2, -0.15) is 0 Å². The lowest BCUT2D eigenvalue weighted by atomic mass is 10.1. The van der Waals surface area contributed by atoms with E-state index in [-0.39, 0.29) is 0 Å². The normalized spacial score (nSPS) is 10.4. The third-order valence-corrected chi connectivity index (χ3v) is 3.78. The largest absolute Gasteiger partial charge is 0.477 e. The summed E-state index contributed by atoms with van der Waals surface area (Å²) in [5.41, 5.74) is 0.807. The van der Waals surface area contributed by atoms with E-state index in [0.717, 1.165) is 42.4 Å². The zero-order chi connectivity index (χ0) is 12.7. The molecular formula is C13H18O3S. The third-order valence-electron chi connectivity index (χ3n) is 2.69. The highest BCUT2D eigenvalue weighted by Crippen LogP contribution is 2.23. The van der Waals surface area contributed by atoms with Crippen LogP contribution in [0.1, 0.15) is 63.9 Å². The molecule has 0 aliphatic rings. The SMILES string of the molecule is CCCCCCCc1cc(C=O)sc1C(=O)O. The van der Waals surface area contributed by atoms with Gasteiger partial charge in [-0.3, -0.25) is 4.79 Å². The smallest absolute Gasteiger partial charge is 0.346 e. The van der Waals surface area contributed by atoms with Crippen molar-refractivity contribution in [3.63, 3.8) is 0 Å². The lowest BCUT2D eigenvalue weighted by molar-refractivity contribution is 0.0701. The summed E-state index contributed by atoms with van der Waals surface area (Å²) in [6.07, 6.45) is 7.23. The van der Waals surface area contributed by atoms with Crippen molar-refractivity contribution >= 4 is 23.6 Å². The molecule has 0 spiro atoms. The van der Waals surface area contributed by atoms with Crippen LogP contribution in [0.25, 0.3) is 0 Å². The molecule has 3 nitrogen and oxygen atoms in total. The van der Waals surface area contributed by atoms with Gasteiger partial charge in [0.1, 0.15) is 4.88 Å². The quantitative estimate of drug-likeness (QED) is 0.567. The van der Waals surface area contributed by atoms with Crippen LogP contribution in [0.2, 0.25) is 0 Å². The predicted molar refractivity (Wildman–Crippen MR) is 69.1 cm³/mol. The lowest BCUT2D eigenvalue weighted by Crippen LogP contribution is -1.97. The molecule has 0 bridgehead atoms. The average Bonchev–Trinajstić information content (AvgIpc) is 2.72. The summed E-state index contributed by atoms with van der Waals surface area (Å²) in [6.45, 7) is 2.16. The van der Waals surface area contributed by atoms with Crippen molar-refractivity contribution in [2.24, 2.45) is 0 Å². The van der Waals surface area contributed by atoms with Gasteiger partial charge < -0.3 is 5.11 Å². The van der Waals surface area contributed by atoms with Crippen molar-refractivity contribution in [1.82, 2.24) is 0 Å². The highest BCUT2D eigenvalue weighted by atomic mass is 32.1. The highest BCUT2D eigenvalue weighted by molar-refractivity contribution is 7.15. The van der Waals surface area contributed by atoms with Crippen LogP contribution in [0.3, 0.4) is 0 Å². The zero-order valence-electron chi connectivity index (χ0n) is 10.1. The average molecular weight is 254 g/mol. The molecule has 1 heterocycles. The second-order valence-corrected chi connectivity index (χ2v) is 5.17. The van der Waals surface area contributed by atoms with E-state index in [4.69, 9.17) is 5.11 Å². The Bertz CT molecular complexity index is 382. The maximum atomic E-state index is 11.0. The second-order valence-electron chi connectivity index (χ2n) is 4.09. The topological polar surface area (TPSA) is 54.4 Å². The molecule has 0 saturated carbocycles. The molecule has 4 heteroatoms. The highest BCUT2D eigenvalue weighted by Gasteiger charge is 2.14. The molecule has 94 valence electrons. The van der Waals surface area contributed by atoms with Gasteiger partial charge in [-0.05, 0) is 24.5 Å². The van der Waals surface area contributed by atoms with E-state index in [1.54, 1.807) is 6.07 Å². The zero-order valence-corrected chi connectivity index (χ0v) is 10.9. The van der Waals surface area contributed by atoms with E-state index in [9.17, 15) is 9.59 Å². The molecule has 17 heavy (non-hydrogen) atoms. The number of carboxylic acid groups (broad SMARTS) is 1. The van der Waals surface area contributed by atoms with Crippen LogP contribution < -0.4 is 0 Å². The Hall–Kier alpha value is -1.16. The third kappa shape index (κ3) is 4.30. The molecule has 0 amide bonds. The molecule has 0 aliphatic heterocycles. The summed E-state index contributed by atoms with van der Waals surface area (Å²) in [6, 6.07) is 1.71. The number of aromatic carboxylic acids is 1. The van der Waals surface area contributed by atoms with Gasteiger partial charge in [0.05, 0.1) is 4.88 Å². The Morgan fingerprint density at radius 1 is 1.35 bits per heavy atom. The standard InChI is InChI=1S/C13H18O3S/c1-2-3-4-5-6-7-10-8-11(9-14)17-12(10)13(15)16/h8-9H,2-7H2,1H3,(H,15,16). The first kappa shape index (κ1) is 13.9. The van der Waals surface area contributed by atoms with E-state index < -0.39 is 5.97 Å². The maximum absolute atomic E-state index is 11.0. The number of hydrogen-bond donors (Lipinski definition) is 1. The number of carboxylic acids is 1. The molecule has 0 radical (unpaired) electrons. The minimum atomic E-state index is -0.924. The molecule has 1 aromatic rings. The Balaban J connectivity index is 2.54. The van der Waals surface area contributed by atoms with Gasteiger partial charge in [0.2, 0.25) is 0 Å². The maximum Gasteiger partial charge on any atom is 0.346 e. The first-order valence-electron chi connectivity index (χ1n) is 6.00. The van der Waals surface area contributed by atoms with E-state index in [1.807, 2.05) is 0 Å². The van der Waals surface area contributed by atoms with Crippen LogP contribution in [-0.2, 0) is 6.42 Å². The van der Waals surface area contributed by atoms with Crippen molar-refractivity contribution in [3.8, 4) is 0 Å². The van der Waals surface area contributed by atoms with Crippen LogP contribution in [0.5, 0.6) is 0 Å². The Morgan fingerprint density at radius 3 is 2.65 bits per heavy atom. The van der Waals surface area contributed by atoms with Crippen molar-refractivity contribution in [2.75, 3.05) is 0 Å². The van der Waals surface area contributed by atoms with Gasteiger partial charge in [-0.15, -0.1) is 11.3 Å². The number of hydrogen-bond acceptors (Lipinski definition) is 3. The number of rotatable bonds is 8. The van der Waals surface area contributed by atoms with E-state index in [2.05, 4.69) is 6.92 Å². The van der Waals surface area contributed by atoms with Gasteiger partial charge in [-0.1, -0.05) is 32.6 Å². The van der Waals surface area contributed by atoms with Crippen LogP contribution in [0, 0.1) is 0 Å². The molecule has 1 aromatic heterocycles. The van der Waals surface area contributed by atoms with Crippen LogP contribution >= 0.6 is 11.3 Å². The first-order chi connectivity index (χ1) is 8.19. The van der Waals surface area contributed by atoms with E-state index >= 15 is 0 Å². The molecule has 0 saturated heterocycles. The Kier molecular flexibility index (Phi) is 5.91. The summed E-state index contributed by atoms with van der Waals surface area (Å²) in [7, 11) is 0. The fourth-order valence-corrected chi connectivity index (χ4v) is 2.66. The molecule has 1 rings (SSSR count). The molecule has 0 aliphatic carbocycles. The Morgan fingerprint density at radius 2 is 2.06 bits per heavy atom. The molecule has 0 unspecified atom stereocenters. The van der Waals surface area contributed by atoms with Crippen molar-refractivity contribution in [1.29, 1.82) is 0 Å².